The van der Waals surface area contributed by atoms with E-state index in [2.05, 4.69) is 5.32 Å². The van der Waals surface area contributed by atoms with Crippen LogP contribution in [0, 0.1) is 12.7 Å². The van der Waals surface area contributed by atoms with Crippen molar-refractivity contribution in [2.75, 3.05) is 13.6 Å². The van der Waals surface area contributed by atoms with Gasteiger partial charge in [0.15, 0.2) is 11.4 Å². The minimum Gasteiger partial charge on any atom is -0.503 e. The first-order valence-electron chi connectivity index (χ1n) is 9.53. The molecule has 0 fully saturated rings. The van der Waals surface area contributed by atoms with Gasteiger partial charge in [-0.25, -0.2) is 4.39 Å². The first-order valence-corrected chi connectivity index (χ1v) is 9.53. The van der Waals surface area contributed by atoms with E-state index in [1.54, 1.807) is 37.6 Å². The van der Waals surface area contributed by atoms with Crippen LogP contribution in [0.3, 0.4) is 0 Å². The summed E-state index contributed by atoms with van der Waals surface area (Å²) in [5, 5.41) is 13.0. The Morgan fingerprint density at radius 2 is 2.07 bits per heavy atom. The van der Waals surface area contributed by atoms with Crippen molar-refractivity contribution >= 4 is 11.8 Å². The van der Waals surface area contributed by atoms with Gasteiger partial charge in [0, 0.05) is 37.9 Å². The van der Waals surface area contributed by atoms with E-state index in [4.69, 9.17) is 0 Å². The fourth-order valence-corrected chi connectivity index (χ4v) is 3.50. The number of hydrogen-bond donors (Lipinski definition) is 2. The van der Waals surface area contributed by atoms with Gasteiger partial charge in [-0.15, -0.1) is 0 Å². The number of pyridine rings is 1. The zero-order chi connectivity index (χ0) is 21.3. The molecule has 7 nitrogen and oxygen atoms in total. The lowest BCUT2D eigenvalue weighted by Crippen LogP contribution is -2.35. The first-order chi connectivity index (χ1) is 13.8. The SMILES string of the molecule is CCN(C)C(=O)c1c(O)c(=O)c(C(=O)NCc2ccc(C)cc2F)c2n1CCC2. The molecule has 1 aromatic heterocycles. The quantitative estimate of drug-likeness (QED) is 0.801. The van der Waals surface area contributed by atoms with Crippen LogP contribution in [0.5, 0.6) is 5.75 Å². The Labute approximate surface area is 167 Å². The molecule has 0 unspecified atom stereocenters. The van der Waals surface area contributed by atoms with Crippen LogP contribution in [0.15, 0.2) is 23.0 Å². The van der Waals surface area contributed by atoms with Crippen molar-refractivity contribution in [2.24, 2.45) is 0 Å². The fraction of sp³-hybridized carbons (Fsp3) is 0.381. The summed E-state index contributed by atoms with van der Waals surface area (Å²) in [4.78, 5) is 39.5. The van der Waals surface area contributed by atoms with E-state index < -0.39 is 28.8 Å². The molecule has 29 heavy (non-hydrogen) atoms. The summed E-state index contributed by atoms with van der Waals surface area (Å²) in [7, 11) is 1.57. The van der Waals surface area contributed by atoms with E-state index in [0.717, 1.165) is 5.56 Å². The van der Waals surface area contributed by atoms with Gasteiger partial charge in [-0.3, -0.25) is 14.4 Å². The van der Waals surface area contributed by atoms with Gasteiger partial charge in [0.05, 0.1) is 0 Å². The van der Waals surface area contributed by atoms with Crippen molar-refractivity contribution in [2.45, 2.75) is 39.8 Å². The van der Waals surface area contributed by atoms with Crippen molar-refractivity contribution in [1.29, 1.82) is 0 Å². The molecule has 0 spiro atoms. The molecule has 0 saturated heterocycles. The monoisotopic (exact) mass is 401 g/mol. The Balaban J connectivity index is 1.97. The van der Waals surface area contributed by atoms with Gasteiger partial charge >= 0.3 is 0 Å². The third-order valence-corrected chi connectivity index (χ3v) is 5.24. The van der Waals surface area contributed by atoms with Crippen molar-refractivity contribution < 1.29 is 19.1 Å². The van der Waals surface area contributed by atoms with Crippen LogP contribution >= 0.6 is 0 Å². The average Bonchev–Trinajstić information content (AvgIpc) is 3.15. The smallest absolute Gasteiger partial charge is 0.274 e. The lowest BCUT2D eigenvalue weighted by atomic mass is 10.1. The predicted molar refractivity (Wildman–Crippen MR) is 106 cm³/mol. The maximum absolute atomic E-state index is 14.0. The van der Waals surface area contributed by atoms with Gasteiger partial charge in [-0.2, -0.15) is 0 Å². The number of aromatic hydroxyl groups is 1. The molecule has 2 heterocycles. The number of fused-ring (bicyclic) bond motifs is 1. The average molecular weight is 401 g/mol. The highest BCUT2D eigenvalue weighted by molar-refractivity contribution is 5.99. The lowest BCUT2D eigenvalue weighted by molar-refractivity contribution is 0.0785. The molecule has 3 rings (SSSR count). The predicted octanol–water partition coefficient (Wildman–Crippen LogP) is 1.97. The maximum Gasteiger partial charge on any atom is 0.274 e. The summed E-state index contributed by atoms with van der Waals surface area (Å²) in [6.07, 6.45) is 1.08. The number of halogens is 1. The van der Waals surface area contributed by atoms with E-state index in [9.17, 15) is 23.9 Å². The number of benzene rings is 1. The summed E-state index contributed by atoms with van der Waals surface area (Å²) in [5.74, 6) is -2.34. The minimum absolute atomic E-state index is 0.0898. The number of amides is 2. The van der Waals surface area contributed by atoms with Crippen molar-refractivity contribution in [1.82, 2.24) is 14.8 Å². The van der Waals surface area contributed by atoms with E-state index >= 15 is 0 Å². The lowest BCUT2D eigenvalue weighted by Gasteiger charge is -2.20. The summed E-state index contributed by atoms with van der Waals surface area (Å²) >= 11 is 0. The molecule has 154 valence electrons. The molecule has 0 bridgehead atoms. The van der Waals surface area contributed by atoms with Crippen LogP contribution in [0.2, 0.25) is 0 Å². The second-order valence-electron chi connectivity index (χ2n) is 7.20. The molecule has 2 N–H and O–H groups in total. The zero-order valence-electron chi connectivity index (χ0n) is 16.7. The molecule has 2 amide bonds. The summed E-state index contributed by atoms with van der Waals surface area (Å²) in [5.41, 5.74) is 0.309. The molecule has 8 heteroatoms. The second kappa shape index (κ2) is 8.06. The number of hydrogen-bond acceptors (Lipinski definition) is 4. The van der Waals surface area contributed by atoms with Crippen LogP contribution in [-0.2, 0) is 19.5 Å². The largest absolute Gasteiger partial charge is 0.503 e. The van der Waals surface area contributed by atoms with Crippen LogP contribution in [0.25, 0.3) is 0 Å². The third-order valence-electron chi connectivity index (χ3n) is 5.24. The third kappa shape index (κ3) is 3.74. The van der Waals surface area contributed by atoms with E-state index in [-0.39, 0.29) is 17.8 Å². The Morgan fingerprint density at radius 1 is 1.34 bits per heavy atom. The highest BCUT2D eigenvalue weighted by atomic mass is 19.1. The number of aryl methyl sites for hydroxylation is 1. The van der Waals surface area contributed by atoms with E-state index in [0.29, 0.717) is 37.2 Å². The molecule has 0 aliphatic carbocycles. The Hall–Kier alpha value is -3.16. The molecular formula is C21H24FN3O4. The number of nitrogens with zero attached hydrogens (tertiary/aromatic N) is 2. The van der Waals surface area contributed by atoms with Crippen LogP contribution in [0.1, 0.15) is 51.0 Å². The molecule has 1 aromatic carbocycles. The Kier molecular flexibility index (Phi) is 5.72. The molecule has 0 atom stereocenters. The van der Waals surface area contributed by atoms with Gasteiger partial charge in [0.1, 0.15) is 11.4 Å². The highest BCUT2D eigenvalue weighted by Crippen LogP contribution is 2.26. The zero-order valence-corrected chi connectivity index (χ0v) is 16.7. The van der Waals surface area contributed by atoms with Crippen LogP contribution < -0.4 is 10.7 Å². The van der Waals surface area contributed by atoms with Crippen LogP contribution in [-0.4, -0.2) is 40.0 Å². The molecule has 0 saturated carbocycles. The molecule has 1 aliphatic rings. The van der Waals surface area contributed by atoms with Crippen molar-refractivity contribution in [3.8, 4) is 5.75 Å². The normalized spacial score (nSPS) is 12.6. The Morgan fingerprint density at radius 3 is 2.72 bits per heavy atom. The molecule has 0 radical (unpaired) electrons. The summed E-state index contributed by atoms with van der Waals surface area (Å²) in [6, 6.07) is 4.67. The fourth-order valence-electron chi connectivity index (χ4n) is 3.50. The van der Waals surface area contributed by atoms with Crippen molar-refractivity contribution in [3.05, 3.63) is 62.3 Å². The second-order valence-corrected chi connectivity index (χ2v) is 7.20. The topological polar surface area (TPSA) is 91.6 Å². The first kappa shape index (κ1) is 20.6. The molecule has 2 aromatic rings. The number of nitrogens with one attached hydrogen (secondary N) is 1. The maximum atomic E-state index is 14.0. The highest BCUT2D eigenvalue weighted by Gasteiger charge is 2.31. The summed E-state index contributed by atoms with van der Waals surface area (Å²) in [6.45, 7) is 4.28. The number of rotatable bonds is 5. The number of carbonyl (C=O) groups is 2. The van der Waals surface area contributed by atoms with E-state index in [1.807, 2.05) is 0 Å². The number of carbonyl (C=O) groups excluding carboxylic acids is 2. The molecular weight excluding hydrogens is 377 g/mol. The summed E-state index contributed by atoms with van der Waals surface area (Å²) < 4.78 is 15.6. The Bertz CT molecular complexity index is 1050. The van der Waals surface area contributed by atoms with Crippen molar-refractivity contribution in [3.63, 3.8) is 0 Å². The van der Waals surface area contributed by atoms with Gasteiger partial charge in [-0.05, 0) is 38.3 Å². The minimum atomic E-state index is -0.882. The van der Waals surface area contributed by atoms with E-state index in [1.165, 1.54) is 11.0 Å². The standard InChI is InChI=1S/C21H24FN3O4/c1-4-24(3)21(29)17-19(27)18(26)16(15-6-5-9-25(15)17)20(28)23-11-13-8-7-12(2)10-14(13)22/h7-8,10,27H,4-6,9,11H2,1-3H3,(H,23,28). The van der Waals surface area contributed by atoms with Crippen LogP contribution in [0.4, 0.5) is 4.39 Å². The number of aromatic nitrogens is 1. The van der Waals surface area contributed by atoms with Gasteiger partial charge in [0.25, 0.3) is 11.8 Å². The molecule has 1 aliphatic heterocycles. The van der Waals surface area contributed by atoms with Gasteiger partial charge < -0.3 is 19.9 Å². The van der Waals surface area contributed by atoms with Gasteiger partial charge in [-0.1, -0.05) is 12.1 Å². The van der Waals surface area contributed by atoms with Gasteiger partial charge in [0.2, 0.25) is 5.43 Å².